The number of methoxy groups -OCH3 is 1. The van der Waals surface area contributed by atoms with E-state index in [9.17, 15) is 10.2 Å². The van der Waals surface area contributed by atoms with Crippen molar-refractivity contribution in [3.63, 3.8) is 0 Å². The lowest BCUT2D eigenvalue weighted by atomic mass is 9.80. The monoisotopic (exact) mass is 238 g/mol. The standard InChI is InChI=1S/C14H22O3/c1-4-14(9-15,10-16)8-12-7-11(2)5-6-13(12)17-3/h5-7,15-16H,4,8-10H2,1-3H3. The number of ether oxygens (including phenoxy) is 1. The normalized spacial score (nSPS) is 11.6. The van der Waals surface area contributed by atoms with Crippen molar-refractivity contribution in [3.05, 3.63) is 29.3 Å². The number of benzene rings is 1. The molecule has 0 aliphatic heterocycles. The highest BCUT2D eigenvalue weighted by molar-refractivity contribution is 5.37. The summed E-state index contributed by atoms with van der Waals surface area (Å²) in [5.41, 5.74) is 1.74. The van der Waals surface area contributed by atoms with Crippen molar-refractivity contribution >= 4 is 0 Å². The van der Waals surface area contributed by atoms with Crippen LogP contribution in [0.5, 0.6) is 5.75 Å². The van der Waals surface area contributed by atoms with Gasteiger partial charge in [-0.25, -0.2) is 0 Å². The average Bonchev–Trinajstić information content (AvgIpc) is 2.36. The van der Waals surface area contributed by atoms with E-state index in [-0.39, 0.29) is 13.2 Å². The largest absolute Gasteiger partial charge is 0.496 e. The van der Waals surface area contributed by atoms with Gasteiger partial charge in [0.15, 0.2) is 0 Å². The summed E-state index contributed by atoms with van der Waals surface area (Å²) in [4.78, 5) is 0. The molecule has 0 fully saturated rings. The third kappa shape index (κ3) is 3.20. The Bertz CT molecular complexity index is 348. The quantitative estimate of drug-likeness (QED) is 0.796. The summed E-state index contributed by atoms with van der Waals surface area (Å²) >= 11 is 0. The molecule has 1 aromatic carbocycles. The van der Waals surface area contributed by atoms with Crippen LogP contribution < -0.4 is 4.74 Å². The van der Waals surface area contributed by atoms with Gasteiger partial charge in [-0.2, -0.15) is 0 Å². The van der Waals surface area contributed by atoms with Crippen molar-refractivity contribution in [3.8, 4) is 5.75 Å². The van der Waals surface area contributed by atoms with Crippen LogP contribution in [0.2, 0.25) is 0 Å². The molecular formula is C14H22O3. The lowest BCUT2D eigenvalue weighted by molar-refractivity contribution is 0.0509. The van der Waals surface area contributed by atoms with Crippen molar-refractivity contribution in [2.24, 2.45) is 5.41 Å². The summed E-state index contributed by atoms with van der Waals surface area (Å²) < 4.78 is 5.32. The summed E-state index contributed by atoms with van der Waals surface area (Å²) in [6, 6.07) is 5.97. The Balaban J connectivity index is 3.03. The number of hydrogen-bond acceptors (Lipinski definition) is 3. The number of rotatable bonds is 6. The van der Waals surface area contributed by atoms with Crippen molar-refractivity contribution in [1.82, 2.24) is 0 Å². The maximum Gasteiger partial charge on any atom is 0.122 e. The number of hydrogen-bond donors (Lipinski definition) is 2. The smallest absolute Gasteiger partial charge is 0.122 e. The predicted octanol–water partition coefficient (Wildman–Crippen LogP) is 1.93. The third-order valence-electron chi connectivity index (χ3n) is 3.42. The molecule has 1 rings (SSSR count). The maximum atomic E-state index is 9.47. The highest BCUT2D eigenvalue weighted by Crippen LogP contribution is 2.31. The first-order chi connectivity index (χ1) is 8.10. The van der Waals surface area contributed by atoms with E-state index in [4.69, 9.17) is 4.74 Å². The van der Waals surface area contributed by atoms with Gasteiger partial charge in [-0.1, -0.05) is 24.6 Å². The molecule has 0 heterocycles. The Morgan fingerprint density at radius 3 is 2.35 bits per heavy atom. The molecule has 0 aromatic heterocycles. The summed E-state index contributed by atoms with van der Waals surface area (Å²) in [6.07, 6.45) is 1.36. The molecule has 3 nitrogen and oxygen atoms in total. The van der Waals surface area contributed by atoms with Gasteiger partial charge in [0.2, 0.25) is 0 Å². The van der Waals surface area contributed by atoms with Crippen molar-refractivity contribution in [2.45, 2.75) is 26.7 Å². The molecular weight excluding hydrogens is 216 g/mol. The Hall–Kier alpha value is -1.06. The molecule has 2 N–H and O–H groups in total. The van der Waals surface area contributed by atoms with Gasteiger partial charge in [0.1, 0.15) is 5.75 Å². The summed E-state index contributed by atoms with van der Waals surface area (Å²) in [5, 5.41) is 18.9. The van der Waals surface area contributed by atoms with E-state index in [0.717, 1.165) is 23.3 Å². The van der Waals surface area contributed by atoms with Gasteiger partial charge in [-0.3, -0.25) is 0 Å². The zero-order chi connectivity index (χ0) is 12.9. The molecule has 0 saturated heterocycles. The van der Waals surface area contributed by atoms with Crippen LogP contribution in [0.1, 0.15) is 24.5 Å². The Morgan fingerprint density at radius 1 is 1.24 bits per heavy atom. The Kier molecular flexibility index (Phi) is 4.97. The average molecular weight is 238 g/mol. The molecule has 17 heavy (non-hydrogen) atoms. The fraction of sp³-hybridized carbons (Fsp3) is 0.571. The predicted molar refractivity (Wildman–Crippen MR) is 68.3 cm³/mol. The molecule has 0 radical (unpaired) electrons. The number of aryl methyl sites for hydroxylation is 1. The van der Waals surface area contributed by atoms with E-state index in [2.05, 4.69) is 6.07 Å². The van der Waals surface area contributed by atoms with Gasteiger partial charge < -0.3 is 14.9 Å². The minimum atomic E-state index is -0.457. The molecule has 0 spiro atoms. The SMILES string of the molecule is CCC(CO)(CO)Cc1cc(C)ccc1OC. The van der Waals surface area contributed by atoms with Gasteiger partial charge >= 0.3 is 0 Å². The molecule has 0 atom stereocenters. The van der Waals surface area contributed by atoms with Crippen molar-refractivity contribution < 1.29 is 14.9 Å². The number of aliphatic hydroxyl groups excluding tert-OH is 2. The number of aliphatic hydroxyl groups is 2. The fourth-order valence-corrected chi connectivity index (χ4v) is 1.96. The van der Waals surface area contributed by atoms with Crippen LogP contribution in [0.15, 0.2) is 18.2 Å². The van der Waals surface area contributed by atoms with Gasteiger partial charge in [0, 0.05) is 5.41 Å². The van der Waals surface area contributed by atoms with Gasteiger partial charge in [-0.05, 0) is 31.4 Å². The lowest BCUT2D eigenvalue weighted by Gasteiger charge is -2.29. The van der Waals surface area contributed by atoms with Crippen LogP contribution in [0, 0.1) is 12.3 Å². The molecule has 3 heteroatoms. The molecule has 0 saturated carbocycles. The van der Waals surface area contributed by atoms with E-state index in [0.29, 0.717) is 6.42 Å². The zero-order valence-corrected chi connectivity index (χ0v) is 10.9. The third-order valence-corrected chi connectivity index (χ3v) is 3.42. The zero-order valence-electron chi connectivity index (χ0n) is 10.9. The molecule has 1 aromatic rings. The molecule has 0 aliphatic rings. The highest BCUT2D eigenvalue weighted by atomic mass is 16.5. The molecule has 0 bridgehead atoms. The maximum absolute atomic E-state index is 9.47. The molecule has 96 valence electrons. The molecule has 0 amide bonds. The van der Waals surface area contributed by atoms with E-state index in [1.165, 1.54) is 0 Å². The van der Waals surface area contributed by atoms with E-state index < -0.39 is 5.41 Å². The second kappa shape index (κ2) is 6.03. The lowest BCUT2D eigenvalue weighted by Crippen LogP contribution is -2.31. The summed E-state index contributed by atoms with van der Waals surface area (Å²) in [6.45, 7) is 3.97. The molecule has 0 aliphatic carbocycles. The van der Waals surface area contributed by atoms with Gasteiger partial charge in [-0.15, -0.1) is 0 Å². The first kappa shape index (κ1) is 14.0. The first-order valence-electron chi connectivity index (χ1n) is 5.96. The summed E-state index contributed by atoms with van der Waals surface area (Å²) in [5.74, 6) is 0.815. The second-order valence-corrected chi connectivity index (χ2v) is 4.66. The van der Waals surface area contributed by atoms with Crippen molar-refractivity contribution in [1.29, 1.82) is 0 Å². The topological polar surface area (TPSA) is 49.7 Å². The van der Waals surface area contributed by atoms with Crippen LogP contribution in [0.4, 0.5) is 0 Å². The van der Waals surface area contributed by atoms with Gasteiger partial charge in [0.25, 0.3) is 0 Å². The van der Waals surface area contributed by atoms with Crippen LogP contribution in [-0.4, -0.2) is 30.5 Å². The highest BCUT2D eigenvalue weighted by Gasteiger charge is 2.28. The van der Waals surface area contributed by atoms with Crippen LogP contribution >= 0.6 is 0 Å². The Morgan fingerprint density at radius 2 is 1.88 bits per heavy atom. The van der Waals surface area contributed by atoms with Crippen LogP contribution in [-0.2, 0) is 6.42 Å². The first-order valence-corrected chi connectivity index (χ1v) is 5.96. The van der Waals surface area contributed by atoms with E-state index in [1.807, 2.05) is 26.0 Å². The minimum absolute atomic E-state index is 0.0168. The van der Waals surface area contributed by atoms with Crippen LogP contribution in [0.25, 0.3) is 0 Å². The summed E-state index contributed by atoms with van der Waals surface area (Å²) in [7, 11) is 1.64. The van der Waals surface area contributed by atoms with Gasteiger partial charge in [0.05, 0.1) is 20.3 Å². The van der Waals surface area contributed by atoms with E-state index in [1.54, 1.807) is 7.11 Å². The minimum Gasteiger partial charge on any atom is -0.496 e. The van der Waals surface area contributed by atoms with Crippen molar-refractivity contribution in [2.75, 3.05) is 20.3 Å². The van der Waals surface area contributed by atoms with E-state index >= 15 is 0 Å². The molecule has 0 unspecified atom stereocenters. The Labute approximate surface area is 103 Å². The van der Waals surface area contributed by atoms with Crippen LogP contribution in [0.3, 0.4) is 0 Å². The second-order valence-electron chi connectivity index (χ2n) is 4.66. The fourth-order valence-electron chi connectivity index (χ4n) is 1.96.